The molecule has 2 aromatic heterocycles. The van der Waals surface area contributed by atoms with E-state index in [-0.39, 0.29) is 30.5 Å². The van der Waals surface area contributed by atoms with Gasteiger partial charge in [0.15, 0.2) is 11.8 Å². The molecule has 1 atom stereocenters. The molecule has 0 aromatic carbocycles. The second-order valence-corrected chi connectivity index (χ2v) is 6.54. The van der Waals surface area contributed by atoms with E-state index in [1.807, 2.05) is 13.0 Å². The molecule has 1 unspecified atom stereocenters. The number of hydrogen-bond donors (Lipinski definition) is 3. The summed E-state index contributed by atoms with van der Waals surface area (Å²) in [5.41, 5.74) is 0. The second-order valence-electron chi connectivity index (χ2n) is 4.79. The lowest BCUT2D eigenvalue weighted by molar-refractivity contribution is 0.191. The lowest BCUT2D eigenvalue weighted by Crippen LogP contribution is -2.38. The quantitative estimate of drug-likeness (QED) is 0.317. The van der Waals surface area contributed by atoms with Crippen LogP contribution in [0.1, 0.15) is 29.6 Å². The number of aromatic nitrogens is 2. The zero-order valence-electron chi connectivity index (χ0n) is 13.5. The summed E-state index contributed by atoms with van der Waals surface area (Å²) in [4.78, 5) is 9.32. The Morgan fingerprint density at radius 1 is 1.46 bits per heavy atom. The average Bonchev–Trinajstić information content (AvgIpc) is 3.13. The van der Waals surface area contributed by atoms with Crippen LogP contribution >= 0.6 is 46.9 Å². The van der Waals surface area contributed by atoms with E-state index in [1.54, 1.807) is 13.0 Å². The molecule has 0 aliphatic carbocycles. The fourth-order valence-corrected chi connectivity index (χ4v) is 2.88. The Hall–Kier alpha value is -0.910. The molecular formula is C14H21ClIN5O2S. The number of aliphatic hydroxyl groups is 1. The highest BCUT2D eigenvalue weighted by Gasteiger charge is 2.10. The van der Waals surface area contributed by atoms with Crippen LogP contribution in [0.3, 0.4) is 0 Å². The zero-order chi connectivity index (χ0) is 16.7. The van der Waals surface area contributed by atoms with Gasteiger partial charge < -0.3 is 20.3 Å². The molecular weight excluding hydrogens is 465 g/mol. The Morgan fingerprint density at radius 2 is 2.25 bits per heavy atom. The third-order valence-electron chi connectivity index (χ3n) is 2.89. The number of aliphatic imine (C=N–C) groups is 1. The molecule has 0 spiro atoms. The first kappa shape index (κ1) is 21.1. The third kappa shape index (κ3) is 6.91. The van der Waals surface area contributed by atoms with Gasteiger partial charge in [-0.2, -0.15) is 4.98 Å². The summed E-state index contributed by atoms with van der Waals surface area (Å²) < 4.78 is 5.71. The van der Waals surface area contributed by atoms with Crippen LogP contribution in [0.5, 0.6) is 0 Å². The van der Waals surface area contributed by atoms with Gasteiger partial charge >= 0.3 is 0 Å². The monoisotopic (exact) mass is 485 g/mol. The van der Waals surface area contributed by atoms with Gasteiger partial charge in [0.05, 0.1) is 10.9 Å². The number of hydrogen-bond acceptors (Lipinski definition) is 6. The minimum atomic E-state index is -0.665. The van der Waals surface area contributed by atoms with E-state index in [1.165, 1.54) is 11.3 Å². The van der Waals surface area contributed by atoms with Crippen LogP contribution in [0.15, 0.2) is 21.6 Å². The van der Waals surface area contributed by atoms with Crippen molar-refractivity contribution in [3.8, 4) is 0 Å². The van der Waals surface area contributed by atoms with Crippen molar-refractivity contribution in [3.63, 3.8) is 0 Å². The maximum absolute atomic E-state index is 10.1. The van der Waals surface area contributed by atoms with Crippen LogP contribution in [0, 0.1) is 6.92 Å². The summed E-state index contributed by atoms with van der Waals surface area (Å²) in [6, 6.07) is 3.58. The minimum Gasteiger partial charge on any atom is -0.386 e. The summed E-state index contributed by atoms with van der Waals surface area (Å²) in [7, 11) is 0. The van der Waals surface area contributed by atoms with E-state index in [4.69, 9.17) is 16.1 Å². The molecule has 0 saturated heterocycles. The Morgan fingerprint density at radius 3 is 2.83 bits per heavy atom. The van der Waals surface area contributed by atoms with Crippen LogP contribution in [0.25, 0.3) is 0 Å². The van der Waals surface area contributed by atoms with Crippen molar-refractivity contribution in [2.75, 3.05) is 19.6 Å². The van der Waals surface area contributed by atoms with Crippen molar-refractivity contribution in [1.29, 1.82) is 0 Å². The van der Waals surface area contributed by atoms with E-state index in [2.05, 4.69) is 25.8 Å². The van der Waals surface area contributed by atoms with Crippen LogP contribution in [-0.2, 0) is 6.42 Å². The lowest BCUT2D eigenvalue weighted by Gasteiger charge is -2.11. The molecule has 0 bridgehead atoms. The van der Waals surface area contributed by atoms with E-state index < -0.39 is 6.10 Å². The Bertz CT molecular complexity index is 649. The SMILES string of the molecule is CCNC(=NCC(O)c1ccc(Cl)s1)NCCc1nc(C)no1.I. The number of aryl methyl sites for hydroxylation is 1. The van der Waals surface area contributed by atoms with Crippen LogP contribution in [0.4, 0.5) is 0 Å². The van der Waals surface area contributed by atoms with Crippen molar-refractivity contribution >= 4 is 52.9 Å². The van der Waals surface area contributed by atoms with Gasteiger partial charge in [-0.05, 0) is 26.0 Å². The molecule has 24 heavy (non-hydrogen) atoms. The lowest BCUT2D eigenvalue weighted by atomic mass is 10.3. The van der Waals surface area contributed by atoms with Crippen LogP contribution in [0.2, 0.25) is 4.34 Å². The van der Waals surface area contributed by atoms with E-state index in [0.29, 0.717) is 35.0 Å². The van der Waals surface area contributed by atoms with Crippen molar-refractivity contribution in [1.82, 2.24) is 20.8 Å². The number of rotatable bonds is 7. The maximum atomic E-state index is 10.1. The minimum absolute atomic E-state index is 0. The van der Waals surface area contributed by atoms with Gasteiger partial charge in [0.25, 0.3) is 0 Å². The number of halogens is 2. The Labute approximate surface area is 166 Å². The van der Waals surface area contributed by atoms with Gasteiger partial charge in [0.2, 0.25) is 5.89 Å². The topological polar surface area (TPSA) is 95.6 Å². The van der Waals surface area contributed by atoms with Crippen molar-refractivity contribution in [3.05, 3.63) is 33.1 Å². The average molecular weight is 486 g/mol. The Kier molecular flexibility index (Phi) is 9.56. The normalized spacial score (nSPS) is 12.6. The Balaban J connectivity index is 0.00000288. The highest BCUT2D eigenvalue weighted by atomic mass is 127. The van der Waals surface area contributed by atoms with Gasteiger partial charge in [0.1, 0.15) is 6.10 Å². The molecule has 3 N–H and O–H groups in total. The predicted octanol–water partition coefficient (Wildman–Crippen LogP) is 2.54. The maximum Gasteiger partial charge on any atom is 0.228 e. The summed E-state index contributed by atoms with van der Waals surface area (Å²) in [5.74, 6) is 1.84. The summed E-state index contributed by atoms with van der Waals surface area (Å²) in [5, 5.41) is 20.1. The first-order valence-electron chi connectivity index (χ1n) is 7.33. The molecule has 0 saturated carbocycles. The molecule has 2 aromatic rings. The van der Waals surface area contributed by atoms with Crippen LogP contribution in [-0.4, -0.2) is 40.8 Å². The zero-order valence-corrected chi connectivity index (χ0v) is 17.4. The molecule has 2 heterocycles. The molecule has 134 valence electrons. The van der Waals surface area contributed by atoms with Crippen molar-refractivity contribution in [2.45, 2.75) is 26.4 Å². The standard InChI is InChI=1S/C14H20ClN5O2S.HI/c1-3-16-14(17-7-6-13-19-9(2)20-22-13)18-8-10(21)11-4-5-12(15)23-11;/h4-5,10,21H,3,6-8H2,1-2H3,(H2,16,17,18);1H. The molecule has 0 aliphatic rings. The van der Waals surface area contributed by atoms with Crippen molar-refractivity contribution in [2.24, 2.45) is 4.99 Å². The van der Waals surface area contributed by atoms with Crippen LogP contribution < -0.4 is 10.6 Å². The van der Waals surface area contributed by atoms with E-state index >= 15 is 0 Å². The number of thiophene rings is 1. The molecule has 0 radical (unpaired) electrons. The molecule has 0 aliphatic heterocycles. The second kappa shape index (κ2) is 10.9. The van der Waals surface area contributed by atoms with Gasteiger partial charge in [-0.25, -0.2) is 0 Å². The first-order chi connectivity index (χ1) is 11.1. The molecule has 7 nitrogen and oxygen atoms in total. The molecule has 0 fully saturated rings. The fourth-order valence-electron chi connectivity index (χ4n) is 1.85. The van der Waals surface area contributed by atoms with Crippen molar-refractivity contribution < 1.29 is 9.63 Å². The first-order valence-corrected chi connectivity index (χ1v) is 8.52. The number of aliphatic hydroxyl groups excluding tert-OH is 1. The predicted molar refractivity (Wildman–Crippen MR) is 106 cm³/mol. The highest BCUT2D eigenvalue weighted by Crippen LogP contribution is 2.26. The number of nitrogens with one attached hydrogen (secondary N) is 2. The van der Waals surface area contributed by atoms with E-state index in [0.717, 1.165) is 11.4 Å². The summed E-state index contributed by atoms with van der Waals surface area (Å²) in [6.07, 6.45) is -0.0597. The number of guanidine groups is 1. The number of nitrogens with zero attached hydrogens (tertiary/aromatic N) is 3. The highest BCUT2D eigenvalue weighted by molar-refractivity contribution is 14.0. The molecule has 2 rings (SSSR count). The summed E-state index contributed by atoms with van der Waals surface area (Å²) >= 11 is 7.23. The third-order valence-corrected chi connectivity index (χ3v) is 4.22. The van der Waals surface area contributed by atoms with E-state index in [9.17, 15) is 5.11 Å². The largest absolute Gasteiger partial charge is 0.386 e. The fraction of sp³-hybridized carbons (Fsp3) is 0.500. The van der Waals surface area contributed by atoms with Gasteiger partial charge in [-0.1, -0.05) is 16.8 Å². The molecule has 10 heteroatoms. The van der Waals surface area contributed by atoms with Gasteiger partial charge in [-0.3, -0.25) is 4.99 Å². The smallest absolute Gasteiger partial charge is 0.228 e. The molecule has 0 amide bonds. The van der Waals surface area contributed by atoms with Gasteiger partial charge in [0, 0.05) is 24.4 Å². The van der Waals surface area contributed by atoms with Gasteiger partial charge in [-0.15, -0.1) is 35.3 Å². The summed E-state index contributed by atoms with van der Waals surface area (Å²) in [6.45, 7) is 5.35.